The molecule has 1 aromatic carbocycles. The molecule has 2 rings (SSSR count). The van der Waals surface area contributed by atoms with Crippen LogP contribution < -0.4 is 0 Å². The molecule has 88 valence electrons. The van der Waals surface area contributed by atoms with Gasteiger partial charge in [0.15, 0.2) is 0 Å². The molecule has 1 heterocycles. The minimum Gasteiger partial charge on any atom is -0.212 e. The van der Waals surface area contributed by atoms with Gasteiger partial charge in [0.05, 0.1) is 5.75 Å². The van der Waals surface area contributed by atoms with Gasteiger partial charge in [0.1, 0.15) is 0 Å². The first-order valence-electron chi connectivity index (χ1n) is 5.30. The summed E-state index contributed by atoms with van der Waals surface area (Å²) >= 11 is 3.33. The van der Waals surface area contributed by atoms with Crippen LogP contribution in [0.3, 0.4) is 0 Å². The van der Waals surface area contributed by atoms with Crippen LogP contribution in [0.1, 0.15) is 18.4 Å². The van der Waals surface area contributed by atoms with Crippen molar-refractivity contribution in [2.75, 3.05) is 13.1 Å². The Hall–Kier alpha value is -0.390. The Balaban J connectivity index is 2.11. The molecule has 5 heteroatoms. The van der Waals surface area contributed by atoms with E-state index in [0.29, 0.717) is 13.1 Å². The van der Waals surface area contributed by atoms with Crippen molar-refractivity contribution in [3.63, 3.8) is 0 Å². The summed E-state index contributed by atoms with van der Waals surface area (Å²) in [6.07, 6.45) is 1.97. The maximum Gasteiger partial charge on any atom is 0.218 e. The predicted molar refractivity (Wildman–Crippen MR) is 67.6 cm³/mol. The third kappa shape index (κ3) is 2.84. The van der Waals surface area contributed by atoms with Crippen LogP contribution in [0.25, 0.3) is 0 Å². The summed E-state index contributed by atoms with van der Waals surface area (Å²) in [4.78, 5) is 0. The number of rotatable bonds is 3. The van der Waals surface area contributed by atoms with E-state index >= 15 is 0 Å². The highest BCUT2D eigenvalue weighted by Crippen LogP contribution is 2.18. The summed E-state index contributed by atoms with van der Waals surface area (Å²) in [7, 11) is -3.11. The molecule has 0 N–H and O–H groups in total. The van der Waals surface area contributed by atoms with Crippen LogP contribution >= 0.6 is 15.9 Å². The van der Waals surface area contributed by atoms with Gasteiger partial charge in [-0.25, -0.2) is 12.7 Å². The Kier molecular flexibility index (Phi) is 3.66. The molecule has 0 saturated carbocycles. The summed E-state index contributed by atoms with van der Waals surface area (Å²) in [5.74, 6) is 0.111. The molecule has 0 radical (unpaired) electrons. The fourth-order valence-corrected chi connectivity index (χ4v) is 3.72. The van der Waals surface area contributed by atoms with Crippen molar-refractivity contribution in [1.29, 1.82) is 0 Å². The SMILES string of the molecule is O=S(=O)(Cc1ccc(Br)cc1)N1CCCC1. The van der Waals surface area contributed by atoms with Gasteiger partial charge in [0.2, 0.25) is 10.0 Å². The van der Waals surface area contributed by atoms with E-state index in [9.17, 15) is 8.42 Å². The van der Waals surface area contributed by atoms with Gasteiger partial charge >= 0.3 is 0 Å². The molecule has 0 amide bonds. The Morgan fingerprint density at radius 3 is 2.25 bits per heavy atom. The molecule has 0 bridgehead atoms. The molecule has 0 spiro atoms. The quantitative estimate of drug-likeness (QED) is 0.860. The second-order valence-electron chi connectivity index (χ2n) is 3.99. The second kappa shape index (κ2) is 4.85. The normalized spacial score (nSPS) is 17.8. The Morgan fingerprint density at radius 1 is 1.12 bits per heavy atom. The van der Waals surface area contributed by atoms with Crippen molar-refractivity contribution in [3.05, 3.63) is 34.3 Å². The van der Waals surface area contributed by atoms with Gasteiger partial charge < -0.3 is 0 Å². The predicted octanol–water partition coefficient (Wildman–Crippen LogP) is 2.37. The molecular formula is C11H14BrNO2S. The van der Waals surface area contributed by atoms with E-state index in [4.69, 9.17) is 0 Å². The highest BCUT2D eigenvalue weighted by molar-refractivity contribution is 9.10. The molecule has 0 unspecified atom stereocenters. The second-order valence-corrected chi connectivity index (χ2v) is 6.87. The summed E-state index contributed by atoms with van der Waals surface area (Å²) in [5.41, 5.74) is 0.843. The maximum atomic E-state index is 12.0. The molecule has 1 aromatic rings. The van der Waals surface area contributed by atoms with Gasteiger partial charge in [-0.15, -0.1) is 0 Å². The molecule has 3 nitrogen and oxygen atoms in total. The molecule has 0 aliphatic carbocycles. The first-order valence-corrected chi connectivity index (χ1v) is 7.70. The lowest BCUT2D eigenvalue weighted by Gasteiger charge is -2.15. The van der Waals surface area contributed by atoms with Gasteiger partial charge in [-0.05, 0) is 30.5 Å². The molecular weight excluding hydrogens is 290 g/mol. The van der Waals surface area contributed by atoms with Crippen molar-refractivity contribution in [2.45, 2.75) is 18.6 Å². The molecule has 1 fully saturated rings. The van der Waals surface area contributed by atoms with E-state index in [1.165, 1.54) is 0 Å². The fourth-order valence-electron chi connectivity index (χ4n) is 1.85. The lowest BCUT2D eigenvalue weighted by molar-refractivity contribution is 0.476. The van der Waals surface area contributed by atoms with Gasteiger partial charge in [-0.1, -0.05) is 28.1 Å². The molecule has 1 aliphatic rings. The largest absolute Gasteiger partial charge is 0.218 e. The van der Waals surface area contributed by atoms with E-state index < -0.39 is 10.0 Å². The van der Waals surface area contributed by atoms with Crippen LogP contribution in [0.2, 0.25) is 0 Å². The monoisotopic (exact) mass is 303 g/mol. The van der Waals surface area contributed by atoms with Gasteiger partial charge in [-0.2, -0.15) is 0 Å². The van der Waals surface area contributed by atoms with Crippen LogP contribution in [-0.2, 0) is 15.8 Å². The van der Waals surface area contributed by atoms with Crippen molar-refractivity contribution in [1.82, 2.24) is 4.31 Å². The lowest BCUT2D eigenvalue weighted by atomic mass is 10.2. The minimum atomic E-state index is -3.11. The van der Waals surface area contributed by atoms with E-state index in [1.807, 2.05) is 24.3 Å². The highest BCUT2D eigenvalue weighted by atomic mass is 79.9. The van der Waals surface area contributed by atoms with E-state index in [0.717, 1.165) is 22.9 Å². The van der Waals surface area contributed by atoms with Gasteiger partial charge in [-0.3, -0.25) is 0 Å². The van der Waals surface area contributed by atoms with E-state index in [2.05, 4.69) is 15.9 Å². The first-order chi connectivity index (χ1) is 7.58. The molecule has 1 aliphatic heterocycles. The van der Waals surface area contributed by atoms with Crippen molar-refractivity contribution in [3.8, 4) is 0 Å². The fraction of sp³-hybridized carbons (Fsp3) is 0.455. The molecule has 1 saturated heterocycles. The average molecular weight is 304 g/mol. The topological polar surface area (TPSA) is 37.4 Å². The Labute approximate surface area is 105 Å². The van der Waals surface area contributed by atoms with Crippen molar-refractivity contribution >= 4 is 26.0 Å². The summed E-state index contributed by atoms with van der Waals surface area (Å²) in [6, 6.07) is 7.43. The standard InChI is InChI=1S/C11H14BrNO2S/c12-11-5-3-10(4-6-11)9-16(14,15)13-7-1-2-8-13/h3-6H,1-2,7-9H2. The van der Waals surface area contributed by atoms with Crippen molar-refractivity contribution < 1.29 is 8.42 Å². The number of benzene rings is 1. The number of nitrogens with zero attached hydrogens (tertiary/aromatic N) is 1. The summed E-state index contributed by atoms with van der Waals surface area (Å²) in [6.45, 7) is 1.36. The van der Waals surface area contributed by atoms with Gasteiger partial charge in [0.25, 0.3) is 0 Å². The van der Waals surface area contributed by atoms with Crippen LogP contribution in [0.4, 0.5) is 0 Å². The zero-order chi connectivity index (χ0) is 11.6. The molecule has 0 aromatic heterocycles. The van der Waals surface area contributed by atoms with Crippen molar-refractivity contribution in [2.24, 2.45) is 0 Å². The first kappa shape index (κ1) is 12.1. The lowest BCUT2D eigenvalue weighted by Crippen LogP contribution is -2.29. The number of hydrogen-bond donors (Lipinski definition) is 0. The smallest absolute Gasteiger partial charge is 0.212 e. The number of sulfonamides is 1. The average Bonchev–Trinajstić information content (AvgIpc) is 2.75. The highest BCUT2D eigenvalue weighted by Gasteiger charge is 2.25. The number of hydrogen-bond acceptors (Lipinski definition) is 2. The van der Waals surface area contributed by atoms with E-state index in [-0.39, 0.29) is 5.75 Å². The maximum absolute atomic E-state index is 12.0. The van der Waals surface area contributed by atoms with Crippen LogP contribution in [0.5, 0.6) is 0 Å². The molecule has 0 atom stereocenters. The Bertz CT molecular complexity index is 449. The summed E-state index contributed by atoms with van der Waals surface area (Å²) < 4.78 is 26.6. The van der Waals surface area contributed by atoms with Gasteiger partial charge in [0, 0.05) is 17.6 Å². The third-order valence-corrected chi connectivity index (χ3v) is 5.10. The van der Waals surface area contributed by atoms with Crippen LogP contribution in [0, 0.1) is 0 Å². The minimum absolute atomic E-state index is 0.111. The Morgan fingerprint density at radius 2 is 1.69 bits per heavy atom. The third-order valence-electron chi connectivity index (χ3n) is 2.72. The summed E-state index contributed by atoms with van der Waals surface area (Å²) in [5, 5.41) is 0. The zero-order valence-electron chi connectivity index (χ0n) is 8.89. The molecule has 16 heavy (non-hydrogen) atoms. The number of halogens is 1. The van der Waals surface area contributed by atoms with Crippen LogP contribution in [0.15, 0.2) is 28.7 Å². The zero-order valence-corrected chi connectivity index (χ0v) is 11.3. The van der Waals surface area contributed by atoms with Crippen LogP contribution in [-0.4, -0.2) is 25.8 Å². The van der Waals surface area contributed by atoms with E-state index in [1.54, 1.807) is 4.31 Å².